The maximum Gasteiger partial charge on any atom is 0.226 e. The van der Waals surface area contributed by atoms with Crippen LogP contribution in [0.15, 0.2) is 0 Å². The Hall–Kier alpha value is 0.160. The number of hydrogen-bond acceptors (Lipinski definition) is 1. The maximum atomic E-state index is 11.5. The zero-order chi connectivity index (χ0) is 10.2. The average molecular weight is 324 g/mol. The van der Waals surface area contributed by atoms with Crippen LogP contribution in [0.2, 0.25) is 0 Å². The molecule has 2 bridgehead atoms. The number of nitrogens with zero attached hydrogens (tertiary/aromatic N) is 1. The Balaban J connectivity index is 0.00000112. The molecule has 15 heavy (non-hydrogen) atoms. The van der Waals surface area contributed by atoms with Gasteiger partial charge in [0.05, 0.1) is 33.1 Å². The fourth-order valence-electron chi connectivity index (χ4n) is 2.92. The van der Waals surface area contributed by atoms with E-state index in [0.717, 1.165) is 17.4 Å². The van der Waals surface area contributed by atoms with Crippen LogP contribution in [0.25, 0.3) is 0 Å². The molecule has 0 aromatic rings. The molecule has 3 nitrogen and oxygen atoms in total. The second-order valence-corrected chi connectivity index (χ2v) is 5.23. The summed E-state index contributed by atoms with van der Waals surface area (Å²) in [5.41, 5.74) is 0. The third kappa shape index (κ3) is 2.64. The lowest BCUT2D eigenvalue weighted by atomic mass is 10.1. The molecule has 1 amide bonds. The van der Waals surface area contributed by atoms with Crippen molar-refractivity contribution in [3.05, 3.63) is 0 Å². The molecule has 0 radical (unpaired) electrons. The minimum Gasteiger partial charge on any atom is -1.00 e. The molecule has 2 heterocycles. The number of hydrogen-bond donors (Lipinski definition) is 1. The molecule has 2 aliphatic heterocycles. The van der Waals surface area contributed by atoms with E-state index in [1.54, 1.807) is 0 Å². The topological polar surface area (TPSA) is 29.1 Å². The molecule has 2 rings (SSSR count). The summed E-state index contributed by atoms with van der Waals surface area (Å²) in [5, 5.41) is 3.04. The smallest absolute Gasteiger partial charge is 0.226 e. The average Bonchev–Trinajstić information content (AvgIpc) is 2.32. The number of fused-ring (bicyclic) bond motifs is 2. The van der Waals surface area contributed by atoms with Gasteiger partial charge in [-0.05, 0) is 19.3 Å². The standard InChI is InChI=1S/C11H20N2O.HI/c1-13(2)9-5-3-4-6-10(13)8-12-11(14)7-9;/h9-10H,3-8H2,1-2H3;1H. The van der Waals surface area contributed by atoms with E-state index in [-0.39, 0.29) is 29.9 Å². The van der Waals surface area contributed by atoms with Gasteiger partial charge in [-0.2, -0.15) is 0 Å². The van der Waals surface area contributed by atoms with Crippen LogP contribution in [0.3, 0.4) is 0 Å². The third-order valence-electron chi connectivity index (χ3n) is 4.16. The van der Waals surface area contributed by atoms with Gasteiger partial charge in [-0.3, -0.25) is 4.79 Å². The van der Waals surface area contributed by atoms with Crippen LogP contribution in [0.4, 0.5) is 0 Å². The summed E-state index contributed by atoms with van der Waals surface area (Å²) in [6.07, 6.45) is 5.85. The molecule has 88 valence electrons. The Bertz CT molecular complexity index is 243. The highest BCUT2D eigenvalue weighted by molar-refractivity contribution is 5.76. The predicted octanol–water partition coefficient (Wildman–Crippen LogP) is -2.10. The van der Waals surface area contributed by atoms with Crippen molar-refractivity contribution < 1.29 is 33.3 Å². The van der Waals surface area contributed by atoms with Crippen LogP contribution in [0.1, 0.15) is 32.1 Å². The van der Waals surface area contributed by atoms with Crippen molar-refractivity contribution in [1.29, 1.82) is 0 Å². The number of halogens is 1. The van der Waals surface area contributed by atoms with Crippen LogP contribution in [0, 0.1) is 0 Å². The van der Waals surface area contributed by atoms with E-state index in [4.69, 9.17) is 0 Å². The van der Waals surface area contributed by atoms with E-state index >= 15 is 0 Å². The van der Waals surface area contributed by atoms with E-state index in [1.165, 1.54) is 25.7 Å². The molecule has 0 aliphatic carbocycles. The SMILES string of the molecule is C[N+]1(C)C2CCCCC1CC(=O)NC2.[I-]. The third-order valence-corrected chi connectivity index (χ3v) is 4.16. The molecule has 1 N–H and O–H groups in total. The van der Waals surface area contributed by atoms with E-state index < -0.39 is 0 Å². The Morgan fingerprint density at radius 1 is 1.20 bits per heavy atom. The summed E-state index contributed by atoms with van der Waals surface area (Å²) >= 11 is 0. The summed E-state index contributed by atoms with van der Waals surface area (Å²) in [6, 6.07) is 1.18. The number of quaternary nitrogens is 1. The molecule has 0 spiro atoms. The fourth-order valence-corrected chi connectivity index (χ4v) is 2.92. The second kappa shape index (κ2) is 4.99. The van der Waals surface area contributed by atoms with Crippen molar-refractivity contribution in [2.45, 2.75) is 44.2 Å². The van der Waals surface area contributed by atoms with Crippen LogP contribution in [0.5, 0.6) is 0 Å². The Kier molecular flexibility index (Phi) is 4.40. The number of carbonyl (C=O) groups excluding carboxylic acids is 1. The first kappa shape index (κ1) is 13.2. The van der Waals surface area contributed by atoms with Crippen LogP contribution in [-0.2, 0) is 4.79 Å². The predicted molar refractivity (Wildman–Crippen MR) is 55.8 cm³/mol. The Morgan fingerprint density at radius 3 is 2.47 bits per heavy atom. The van der Waals surface area contributed by atoms with Crippen LogP contribution >= 0.6 is 0 Å². The quantitative estimate of drug-likeness (QED) is 0.401. The van der Waals surface area contributed by atoms with Crippen molar-refractivity contribution in [3.8, 4) is 0 Å². The number of nitrogens with one attached hydrogen (secondary N) is 1. The van der Waals surface area contributed by atoms with Gasteiger partial charge in [0.15, 0.2) is 0 Å². The largest absolute Gasteiger partial charge is 1.00 e. The minimum atomic E-state index is 0. The zero-order valence-electron chi connectivity index (χ0n) is 9.63. The first-order valence-corrected chi connectivity index (χ1v) is 5.71. The summed E-state index contributed by atoms with van der Waals surface area (Å²) in [5.74, 6) is 0.255. The Labute approximate surface area is 109 Å². The summed E-state index contributed by atoms with van der Waals surface area (Å²) < 4.78 is 1.04. The normalized spacial score (nSPS) is 34.4. The molecule has 0 saturated carbocycles. The van der Waals surface area contributed by atoms with Gasteiger partial charge in [0.25, 0.3) is 0 Å². The van der Waals surface area contributed by atoms with Crippen molar-refractivity contribution in [3.63, 3.8) is 0 Å². The molecule has 4 heteroatoms. The number of likely N-dealkylation sites (N-methyl/N-ethyl adjacent to an activating group) is 1. The number of amides is 1. The lowest BCUT2D eigenvalue weighted by Gasteiger charge is -2.40. The van der Waals surface area contributed by atoms with Gasteiger partial charge >= 0.3 is 0 Å². The fraction of sp³-hybridized carbons (Fsp3) is 0.909. The first-order chi connectivity index (χ1) is 6.60. The number of carbonyl (C=O) groups is 1. The molecular formula is C11H21IN2O. The summed E-state index contributed by atoms with van der Waals surface area (Å²) in [6.45, 7) is 0.877. The Morgan fingerprint density at radius 2 is 1.80 bits per heavy atom. The van der Waals surface area contributed by atoms with Crippen LogP contribution < -0.4 is 29.3 Å². The summed E-state index contributed by atoms with van der Waals surface area (Å²) in [7, 11) is 4.59. The molecule has 2 saturated heterocycles. The highest BCUT2D eigenvalue weighted by Crippen LogP contribution is 2.29. The molecule has 2 fully saturated rings. The second-order valence-electron chi connectivity index (χ2n) is 5.23. The van der Waals surface area contributed by atoms with Gasteiger partial charge in [0.2, 0.25) is 5.91 Å². The molecular weight excluding hydrogens is 303 g/mol. The molecule has 2 aliphatic rings. The maximum absolute atomic E-state index is 11.5. The number of rotatable bonds is 0. The lowest BCUT2D eigenvalue weighted by Crippen LogP contribution is -3.00. The highest BCUT2D eigenvalue weighted by atomic mass is 127. The van der Waals surface area contributed by atoms with Crippen molar-refractivity contribution in [2.75, 3.05) is 20.6 Å². The van der Waals surface area contributed by atoms with E-state index in [0.29, 0.717) is 12.1 Å². The highest BCUT2D eigenvalue weighted by Gasteiger charge is 2.41. The van der Waals surface area contributed by atoms with Crippen molar-refractivity contribution in [2.24, 2.45) is 0 Å². The van der Waals surface area contributed by atoms with Crippen molar-refractivity contribution in [1.82, 2.24) is 5.32 Å². The van der Waals surface area contributed by atoms with Gasteiger partial charge in [0.1, 0.15) is 6.04 Å². The van der Waals surface area contributed by atoms with E-state index in [9.17, 15) is 4.79 Å². The summed E-state index contributed by atoms with van der Waals surface area (Å²) in [4.78, 5) is 11.5. The first-order valence-electron chi connectivity index (χ1n) is 5.71. The van der Waals surface area contributed by atoms with Gasteiger partial charge < -0.3 is 33.8 Å². The minimum absolute atomic E-state index is 0. The van der Waals surface area contributed by atoms with Gasteiger partial charge in [-0.1, -0.05) is 0 Å². The van der Waals surface area contributed by atoms with Gasteiger partial charge in [-0.15, -0.1) is 0 Å². The molecule has 2 atom stereocenters. The van der Waals surface area contributed by atoms with Gasteiger partial charge in [-0.25, -0.2) is 0 Å². The molecule has 0 aromatic carbocycles. The van der Waals surface area contributed by atoms with E-state index in [1.807, 2.05) is 0 Å². The van der Waals surface area contributed by atoms with E-state index in [2.05, 4.69) is 19.4 Å². The van der Waals surface area contributed by atoms with Crippen molar-refractivity contribution >= 4 is 5.91 Å². The molecule has 2 unspecified atom stereocenters. The zero-order valence-corrected chi connectivity index (χ0v) is 11.8. The van der Waals surface area contributed by atoms with Gasteiger partial charge in [0, 0.05) is 6.42 Å². The van der Waals surface area contributed by atoms with Crippen LogP contribution in [-0.4, -0.2) is 43.1 Å². The lowest BCUT2D eigenvalue weighted by molar-refractivity contribution is -0.935. The molecule has 0 aromatic heterocycles. The monoisotopic (exact) mass is 324 g/mol.